The standard InChI is InChI=1S/C13H17BrN2O2/c14-10-2-1-3-11(12(10)13(16)17)18-9-6-4-8(15)5-7-9/h1-3,8-9H,4-7,15H2,(H2,16,17). The number of nitrogens with two attached hydrogens (primary N) is 2. The van der Waals surface area contributed by atoms with Crippen LogP contribution in [0.4, 0.5) is 0 Å². The van der Waals surface area contributed by atoms with Crippen LogP contribution in [0.1, 0.15) is 36.0 Å². The summed E-state index contributed by atoms with van der Waals surface area (Å²) in [5, 5.41) is 0. The zero-order chi connectivity index (χ0) is 13.1. The van der Waals surface area contributed by atoms with Crippen LogP contribution in [0.3, 0.4) is 0 Å². The molecule has 4 N–H and O–H groups in total. The molecule has 0 aromatic heterocycles. The van der Waals surface area contributed by atoms with E-state index in [1.54, 1.807) is 12.1 Å². The average Bonchev–Trinajstić information content (AvgIpc) is 2.32. The van der Waals surface area contributed by atoms with Crippen molar-refractivity contribution in [3.8, 4) is 5.75 Å². The second kappa shape index (κ2) is 5.71. The third-order valence-electron chi connectivity index (χ3n) is 3.23. The first-order chi connectivity index (χ1) is 8.58. The Hall–Kier alpha value is -1.07. The highest BCUT2D eigenvalue weighted by Gasteiger charge is 2.22. The molecule has 1 fully saturated rings. The normalized spacial score (nSPS) is 23.7. The number of benzene rings is 1. The van der Waals surface area contributed by atoms with Gasteiger partial charge in [0.25, 0.3) is 5.91 Å². The van der Waals surface area contributed by atoms with E-state index < -0.39 is 5.91 Å². The monoisotopic (exact) mass is 312 g/mol. The number of ether oxygens (including phenoxy) is 1. The van der Waals surface area contributed by atoms with Crippen molar-refractivity contribution in [1.82, 2.24) is 0 Å². The van der Waals surface area contributed by atoms with Gasteiger partial charge in [0.05, 0.1) is 11.7 Å². The lowest BCUT2D eigenvalue weighted by Gasteiger charge is -2.27. The van der Waals surface area contributed by atoms with E-state index in [0.717, 1.165) is 25.7 Å². The van der Waals surface area contributed by atoms with E-state index in [1.165, 1.54) is 0 Å². The van der Waals surface area contributed by atoms with E-state index in [4.69, 9.17) is 16.2 Å². The minimum absolute atomic E-state index is 0.122. The van der Waals surface area contributed by atoms with Crippen molar-refractivity contribution in [3.05, 3.63) is 28.2 Å². The Labute approximate surface area is 115 Å². The first-order valence-corrected chi connectivity index (χ1v) is 6.87. The van der Waals surface area contributed by atoms with Crippen molar-refractivity contribution < 1.29 is 9.53 Å². The Balaban J connectivity index is 2.14. The predicted molar refractivity (Wildman–Crippen MR) is 73.5 cm³/mol. The van der Waals surface area contributed by atoms with Gasteiger partial charge in [-0.3, -0.25) is 4.79 Å². The van der Waals surface area contributed by atoms with Gasteiger partial charge in [-0.25, -0.2) is 0 Å². The van der Waals surface area contributed by atoms with Crippen LogP contribution < -0.4 is 16.2 Å². The summed E-state index contributed by atoms with van der Waals surface area (Å²) in [5.41, 5.74) is 11.6. The molecule has 0 bridgehead atoms. The molecule has 4 nitrogen and oxygen atoms in total. The zero-order valence-corrected chi connectivity index (χ0v) is 11.7. The first kappa shape index (κ1) is 13.4. The van der Waals surface area contributed by atoms with Crippen molar-refractivity contribution >= 4 is 21.8 Å². The topological polar surface area (TPSA) is 78.3 Å². The number of amides is 1. The van der Waals surface area contributed by atoms with Crippen molar-refractivity contribution in [3.63, 3.8) is 0 Å². The highest BCUT2D eigenvalue weighted by atomic mass is 79.9. The van der Waals surface area contributed by atoms with Crippen LogP contribution in [0, 0.1) is 0 Å². The molecule has 0 atom stereocenters. The van der Waals surface area contributed by atoms with E-state index in [0.29, 0.717) is 15.8 Å². The third kappa shape index (κ3) is 3.03. The zero-order valence-electron chi connectivity index (χ0n) is 10.1. The Bertz CT molecular complexity index is 443. The molecule has 2 rings (SSSR count). The fraction of sp³-hybridized carbons (Fsp3) is 0.462. The molecule has 0 saturated heterocycles. The van der Waals surface area contributed by atoms with E-state index in [1.807, 2.05) is 6.07 Å². The minimum Gasteiger partial charge on any atom is -0.490 e. The van der Waals surface area contributed by atoms with Crippen LogP contribution in [-0.4, -0.2) is 18.1 Å². The van der Waals surface area contributed by atoms with Gasteiger partial charge in [-0.2, -0.15) is 0 Å². The molecule has 1 aromatic rings. The molecule has 0 heterocycles. The third-order valence-corrected chi connectivity index (χ3v) is 3.90. The van der Waals surface area contributed by atoms with Crippen molar-refractivity contribution in [1.29, 1.82) is 0 Å². The van der Waals surface area contributed by atoms with E-state index in [2.05, 4.69) is 15.9 Å². The van der Waals surface area contributed by atoms with Crippen LogP contribution >= 0.6 is 15.9 Å². The fourth-order valence-corrected chi connectivity index (χ4v) is 2.77. The van der Waals surface area contributed by atoms with Crippen molar-refractivity contribution in [2.45, 2.75) is 37.8 Å². The molecular weight excluding hydrogens is 296 g/mol. The number of carbonyl (C=O) groups excluding carboxylic acids is 1. The fourth-order valence-electron chi connectivity index (χ4n) is 2.23. The Morgan fingerprint density at radius 3 is 2.56 bits per heavy atom. The SMILES string of the molecule is NC(=O)c1c(Br)cccc1OC1CCC(N)CC1. The quantitative estimate of drug-likeness (QED) is 0.898. The van der Waals surface area contributed by atoms with E-state index >= 15 is 0 Å². The van der Waals surface area contributed by atoms with Crippen LogP contribution in [0.25, 0.3) is 0 Å². The van der Waals surface area contributed by atoms with Gasteiger partial charge >= 0.3 is 0 Å². The maximum absolute atomic E-state index is 11.4. The maximum atomic E-state index is 11.4. The largest absolute Gasteiger partial charge is 0.490 e. The molecule has 18 heavy (non-hydrogen) atoms. The van der Waals surface area contributed by atoms with Gasteiger partial charge in [0.2, 0.25) is 0 Å². The van der Waals surface area contributed by atoms with Gasteiger partial charge in [0.15, 0.2) is 0 Å². The van der Waals surface area contributed by atoms with Gasteiger partial charge in [-0.1, -0.05) is 6.07 Å². The summed E-state index contributed by atoms with van der Waals surface area (Å²) in [6, 6.07) is 5.67. The minimum atomic E-state index is -0.481. The van der Waals surface area contributed by atoms with Crippen LogP contribution in [-0.2, 0) is 0 Å². The lowest BCUT2D eigenvalue weighted by atomic mass is 9.93. The first-order valence-electron chi connectivity index (χ1n) is 6.08. The van der Waals surface area contributed by atoms with Gasteiger partial charge in [0, 0.05) is 10.5 Å². The van der Waals surface area contributed by atoms with Gasteiger partial charge in [-0.05, 0) is 53.7 Å². The van der Waals surface area contributed by atoms with Crippen LogP contribution in [0.5, 0.6) is 5.75 Å². The Morgan fingerprint density at radius 2 is 1.94 bits per heavy atom. The highest BCUT2D eigenvalue weighted by Crippen LogP contribution is 2.29. The average molecular weight is 313 g/mol. The van der Waals surface area contributed by atoms with Crippen LogP contribution in [0.2, 0.25) is 0 Å². The van der Waals surface area contributed by atoms with Crippen LogP contribution in [0.15, 0.2) is 22.7 Å². The Morgan fingerprint density at radius 1 is 1.28 bits per heavy atom. The smallest absolute Gasteiger partial charge is 0.253 e. The lowest BCUT2D eigenvalue weighted by molar-refractivity contribution is 0.0985. The maximum Gasteiger partial charge on any atom is 0.253 e. The number of halogens is 1. The number of carbonyl (C=O) groups is 1. The lowest BCUT2D eigenvalue weighted by Crippen LogP contribution is -2.32. The second-order valence-corrected chi connectivity index (χ2v) is 5.49. The number of rotatable bonds is 3. The van der Waals surface area contributed by atoms with E-state index in [-0.39, 0.29) is 12.1 Å². The summed E-state index contributed by atoms with van der Waals surface area (Å²) in [4.78, 5) is 11.4. The Kier molecular flexibility index (Phi) is 4.24. The molecular formula is C13H17BrN2O2. The molecule has 1 saturated carbocycles. The molecule has 1 aliphatic carbocycles. The summed E-state index contributed by atoms with van der Waals surface area (Å²) in [6.07, 6.45) is 3.89. The molecule has 0 unspecified atom stereocenters. The second-order valence-electron chi connectivity index (χ2n) is 4.63. The van der Waals surface area contributed by atoms with Gasteiger partial charge in [-0.15, -0.1) is 0 Å². The number of hydrogen-bond acceptors (Lipinski definition) is 3. The summed E-state index contributed by atoms with van der Waals surface area (Å²) >= 11 is 3.32. The molecule has 0 aliphatic heterocycles. The van der Waals surface area contributed by atoms with Gasteiger partial charge < -0.3 is 16.2 Å². The summed E-state index contributed by atoms with van der Waals surface area (Å²) in [6.45, 7) is 0. The van der Waals surface area contributed by atoms with Crippen molar-refractivity contribution in [2.24, 2.45) is 11.5 Å². The molecule has 1 aromatic carbocycles. The predicted octanol–water partition coefficient (Wildman–Crippen LogP) is 2.20. The molecule has 5 heteroatoms. The molecule has 0 spiro atoms. The number of primary amides is 1. The number of hydrogen-bond donors (Lipinski definition) is 2. The molecule has 1 amide bonds. The van der Waals surface area contributed by atoms with Crippen molar-refractivity contribution in [2.75, 3.05) is 0 Å². The van der Waals surface area contributed by atoms with E-state index in [9.17, 15) is 4.79 Å². The molecule has 1 aliphatic rings. The molecule has 0 radical (unpaired) electrons. The summed E-state index contributed by atoms with van der Waals surface area (Å²) < 4.78 is 6.56. The highest BCUT2D eigenvalue weighted by molar-refractivity contribution is 9.10. The summed E-state index contributed by atoms with van der Waals surface area (Å²) in [7, 11) is 0. The summed E-state index contributed by atoms with van der Waals surface area (Å²) in [5.74, 6) is 0.0716. The van der Waals surface area contributed by atoms with Gasteiger partial charge in [0.1, 0.15) is 5.75 Å². The molecule has 98 valence electrons.